The van der Waals surface area contributed by atoms with E-state index in [1.807, 2.05) is 31.2 Å². The van der Waals surface area contributed by atoms with E-state index in [1.165, 1.54) is 0 Å². The number of halogens is 2. The zero-order valence-electron chi connectivity index (χ0n) is 9.88. The van der Waals surface area contributed by atoms with Gasteiger partial charge >= 0.3 is 0 Å². The highest BCUT2D eigenvalue weighted by molar-refractivity contribution is 9.10. The van der Waals surface area contributed by atoms with Crippen LogP contribution in [-0.4, -0.2) is 17.3 Å². The van der Waals surface area contributed by atoms with Gasteiger partial charge in [-0.1, -0.05) is 44.0 Å². The van der Waals surface area contributed by atoms with Crippen molar-refractivity contribution in [2.75, 3.05) is 5.33 Å². The Morgan fingerprint density at radius 3 is 2.88 bits per heavy atom. The monoisotopic (exact) mass is 361 g/mol. The molecule has 2 nitrogen and oxygen atoms in total. The van der Waals surface area contributed by atoms with Gasteiger partial charge in [0.2, 0.25) is 5.91 Å². The van der Waals surface area contributed by atoms with Crippen LogP contribution in [0.1, 0.15) is 25.3 Å². The maximum absolute atomic E-state index is 11.8. The van der Waals surface area contributed by atoms with Crippen LogP contribution in [0, 0.1) is 0 Å². The first-order valence-electron chi connectivity index (χ1n) is 5.71. The average Bonchev–Trinajstić information content (AvgIpc) is 2.26. The topological polar surface area (TPSA) is 29.1 Å². The Morgan fingerprint density at radius 2 is 2.24 bits per heavy atom. The fourth-order valence-electron chi connectivity index (χ4n) is 1.61. The number of nitrogens with one attached hydrogen (secondary N) is 1. The lowest BCUT2D eigenvalue weighted by Crippen LogP contribution is -2.33. The molecule has 0 aliphatic carbocycles. The minimum atomic E-state index is 0.0881. The first kappa shape index (κ1) is 14.7. The van der Waals surface area contributed by atoms with Gasteiger partial charge in [-0.15, -0.1) is 0 Å². The molecule has 1 amide bonds. The van der Waals surface area contributed by atoms with E-state index in [1.54, 1.807) is 0 Å². The molecule has 94 valence electrons. The second-order valence-corrected chi connectivity index (χ2v) is 5.82. The van der Waals surface area contributed by atoms with E-state index in [0.29, 0.717) is 6.42 Å². The second-order valence-electron chi connectivity index (χ2n) is 4.11. The number of hydrogen-bond acceptors (Lipinski definition) is 1. The van der Waals surface area contributed by atoms with E-state index in [-0.39, 0.29) is 11.9 Å². The first-order valence-corrected chi connectivity index (χ1v) is 7.63. The fraction of sp³-hybridized carbons (Fsp3) is 0.462. The Balaban J connectivity index is 2.39. The third-order valence-corrected chi connectivity index (χ3v) is 3.49. The number of carbonyl (C=O) groups excluding carboxylic acids is 1. The van der Waals surface area contributed by atoms with Crippen molar-refractivity contribution in [3.63, 3.8) is 0 Å². The average molecular weight is 363 g/mol. The van der Waals surface area contributed by atoms with Crippen LogP contribution in [0.3, 0.4) is 0 Å². The summed E-state index contributed by atoms with van der Waals surface area (Å²) in [6.07, 6.45) is 2.53. The zero-order valence-corrected chi connectivity index (χ0v) is 13.1. The van der Waals surface area contributed by atoms with Crippen molar-refractivity contribution in [1.82, 2.24) is 5.32 Å². The Bertz CT molecular complexity index is 368. The maximum Gasteiger partial charge on any atom is 0.224 e. The molecule has 1 unspecified atom stereocenters. The largest absolute Gasteiger partial charge is 0.353 e. The number of hydrogen-bond donors (Lipinski definition) is 1. The zero-order chi connectivity index (χ0) is 12.7. The first-order chi connectivity index (χ1) is 8.11. The Labute approximate surface area is 119 Å². The van der Waals surface area contributed by atoms with Crippen LogP contribution in [0.25, 0.3) is 0 Å². The van der Waals surface area contributed by atoms with Crippen molar-refractivity contribution >= 4 is 37.8 Å². The Hall–Kier alpha value is -0.350. The number of carbonyl (C=O) groups is 1. The van der Waals surface area contributed by atoms with Gasteiger partial charge in [-0.05, 0) is 37.5 Å². The van der Waals surface area contributed by atoms with Gasteiger partial charge in [-0.2, -0.15) is 0 Å². The van der Waals surface area contributed by atoms with Gasteiger partial charge < -0.3 is 5.32 Å². The molecule has 1 aromatic carbocycles. The molecule has 4 heteroatoms. The van der Waals surface area contributed by atoms with Crippen LogP contribution in [0.2, 0.25) is 0 Å². The van der Waals surface area contributed by atoms with Gasteiger partial charge in [0.25, 0.3) is 0 Å². The van der Waals surface area contributed by atoms with Crippen LogP contribution in [0.4, 0.5) is 0 Å². The summed E-state index contributed by atoms with van der Waals surface area (Å²) in [5, 5.41) is 3.99. The van der Waals surface area contributed by atoms with Gasteiger partial charge in [0, 0.05) is 15.8 Å². The van der Waals surface area contributed by atoms with Crippen LogP contribution in [0.5, 0.6) is 0 Å². The molecule has 0 aliphatic heterocycles. The molecule has 0 fully saturated rings. The smallest absolute Gasteiger partial charge is 0.224 e. The predicted octanol–water partition coefficient (Wildman–Crippen LogP) is 3.67. The summed E-state index contributed by atoms with van der Waals surface area (Å²) < 4.78 is 1.01. The molecule has 0 aliphatic rings. The van der Waals surface area contributed by atoms with E-state index in [4.69, 9.17) is 0 Å². The SMILES string of the molecule is CC(CCCBr)NC(=O)Cc1cccc(Br)c1. The molecule has 0 aromatic heterocycles. The lowest BCUT2D eigenvalue weighted by atomic mass is 10.1. The van der Waals surface area contributed by atoms with Crippen molar-refractivity contribution in [2.45, 2.75) is 32.2 Å². The summed E-state index contributed by atoms with van der Waals surface area (Å²) in [5.41, 5.74) is 1.03. The summed E-state index contributed by atoms with van der Waals surface area (Å²) in [5.74, 6) is 0.0881. The van der Waals surface area contributed by atoms with Crippen LogP contribution < -0.4 is 5.32 Å². The van der Waals surface area contributed by atoms with E-state index < -0.39 is 0 Å². The number of amides is 1. The van der Waals surface area contributed by atoms with Crippen molar-refractivity contribution in [2.24, 2.45) is 0 Å². The Kier molecular flexibility index (Phi) is 6.82. The highest BCUT2D eigenvalue weighted by Gasteiger charge is 2.07. The standard InChI is InChI=1S/C13H17Br2NO/c1-10(4-3-7-14)16-13(17)9-11-5-2-6-12(15)8-11/h2,5-6,8,10H,3-4,7,9H2,1H3,(H,16,17). The minimum absolute atomic E-state index is 0.0881. The van der Waals surface area contributed by atoms with E-state index in [2.05, 4.69) is 37.2 Å². The summed E-state index contributed by atoms with van der Waals surface area (Å²) >= 11 is 6.79. The second kappa shape index (κ2) is 7.88. The molecule has 0 saturated heterocycles. The number of rotatable bonds is 6. The van der Waals surface area contributed by atoms with E-state index >= 15 is 0 Å². The van der Waals surface area contributed by atoms with E-state index in [9.17, 15) is 4.79 Å². The van der Waals surface area contributed by atoms with Gasteiger partial charge in [0.1, 0.15) is 0 Å². The van der Waals surface area contributed by atoms with Crippen molar-refractivity contribution < 1.29 is 4.79 Å². The molecule has 0 heterocycles. The maximum atomic E-state index is 11.8. The van der Waals surface area contributed by atoms with Crippen LogP contribution in [-0.2, 0) is 11.2 Å². The molecule has 1 atom stereocenters. The third-order valence-electron chi connectivity index (χ3n) is 2.43. The summed E-state index contributed by atoms with van der Waals surface area (Å²) in [7, 11) is 0. The molecule has 0 radical (unpaired) electrons. The van der Waals surface area contributed by atoms with Gasteiger partial charge in [-0.25, -0.2) is 0 Å². The number of alkyl halides is 1. The van der Waals surface area contributed by atoms with E-state index in [0.717, 1.165) is 28.2 Å². The third kappa shape index (κ3) is 6.22. The molecule has 1 N–H and O–H groups in total. The van der Waals surface area contributed by atoms with Crippen molar-refractivity contribution in [3.8, 4) is 0 Å². The molecule has 17 heavy (non-hydrogen) atoms. The van der Waals surface area contributed by atoms with Gasteiger partial charge in [0.15, 0.2) is 0 Å². The lowest BCUT2D eigenvalue weighted by molar-refractivity contribution is -0.121. The van der Waals surface area contributed by atoms with Crippen LogP contribution >= 0.6 is 31.9 Å². The molecule has 0 spiro atoms. The highest BCUT2D eigenvalue weighted by Crippen LogP contribution is 2.12. The normalized spacial score (nSPS) is 12.2. The van der Waals surface area contributed by atoms with Crippen LogP contribution in [0.15, 0.2) is 28.7 Å². The summed E-state index contributed by atoms with van der Waals surface area (Å²) in [4.78, 5) is 11.8. The molecule has 0 saturated carbocycles. The molecule has 1 rings (SSSR count). The predicted molar refractivity (Wildman–Crippen MR) is 78.5 cm³/mol. The fourth-order valence-corrected chi connectivity index (χ4v) is 2.38. The highest BCUT2D eigenvalue weighted by atomic mass is 79.9. The van der Waals surface area contributed by atoms with Crippen molar-refractivity contribution in [1.29, 1.82) is 0 Å². The quantitative estimate of drug-likeness (QED) is 0.768. The van der Waals surface area contributed by atoms with Crippen molar-refractivity contribution in [3.05, 3.63) is 34.3 Å². The molecular formula is C13H17Br2NO. The summed E-state index contributed by atoms with van der Waals surface area (Å²) in [6.45, 7) is 2.04. The van der Waals surface area contributed by atoms with Gasteiger partial charge in [-0.3, -0.25) is 4.79 Å². The number of benzene rings is 1. The molecule has 1 aromatic rings. The lowest BCUT2D eigenvalue weighted by Gasteiger charge is -2.13. The molecular weight excluding hydrogens is 346 g/mol. The van der Waals surface area contributed by atoms with Gasteiger partial charge in [0.05, 0.1) is 6.42 Å². The summed E-state index contributed by atoms with van der Waals surface area (Å²) in [6, 6.07) is 8.09. The minimum Gasteiger partial charge on any atom is -0.353 e. The Morgan fingerprint density at radius 1 is 1.47 bits per heavy atom. The molecule has 0 bridgehead atoms.